The standard InChI is InChI=1S/C24H26N2O5/c1-4-15(2)18-10-7-8-12-20(18)25-23(29)16(3)31-22(28)14-26-21(27)13-17-9-5-6-11-19(17)24(26)30/h5-12,15-16H,4,13-14H2,1-3H3,(H,25,29)/t15-,16-/m0/s1. The van der Waals surface area contributed by atoms with Gasteiger partial charge >= 0.3 is 5.97 Å². The number of hydrogen-bond acceptors (Lipinski definition) is 5. The molecular weight excluding hydrogens is 396 g/mol. The fourth-order valence-electron chi connectivity index (χ4n) is 3.47. The number of benzene rings is 2. The first-order valence-electron chi connectivity index (χ1n) is 10.3. The largest absolute Gasteiger partial charge is 0.451 e. The second kappa shape index (κ2) is 9.55. The zero-order valence-electron chi connectivity index (χ0n) is 17.9. The molecule has 0 aromatic heterocycles. The SMILES string of the molecule is CC[C@H](C)c1ccccc1NC(=O)[C@H](C)OC(=O)CN1C(=O)Cc2ccccc2C1=O. The molecule has 0 aliphatic carbocycles. The predicted molar refractivity (Wildman–Crippen MR) is 116 cm³/mol. The fourth-order valence-corrected chi connectivity index (χ4v) is 3.47. The van der Waals surface area contributed by atoms with Crippen LogP contribution in [-0.2, 0) is 25.5 Å². The maximum atomic E-state index is 12.6. The number of rotatable bonds is 7. The number of nitrogens with one attached hydrogen (secondary N) is 1. The number of carbonyl (C=O) groups excluding carboxylic acids is 4. The van der Waals surface area contributed by atoms with Crippen molar-refractivity contribution in [2.45, 2.75) is 45.6 Å². The Hall–Kier alpha value is -3.48. The van der Waals surface area contributed by atoms with Crippen LogP contribution in [0.15, 0.2) is 48.5 Å². The molecule has 1 heterocycles. The fraction of sp³-hybridized carbons (Fsp3) is 0.333. The minimum absolute atomic E-state index is 0.0393. The lowest BCUT2D eigenvalue weighted by atomic mass is 9.97. The Balaban J connectivity index is 1.62. The molecule has 0 saturated heterocycles. The quantitative estimate of drug-likeness (QED) is 0.546. The summed E-state index contributed by atoms with van der Waals surface area (Å²) in [6, 6.07) is 14.3. The van der Waals surface area contributed by atoms with Gasteiger partial charge in [0, 0.05) is 11.3 Å². The molecule has 2 atom stereocenters. The Labute approximate surface area is 181 Å². The van der Waals surface area contributed by atoms with Gasteiger partial charge in [-0.1, -0.05) is 50.2 Å². The molecule has 1 aliphatic rings. The van der Waals surface area contributed by atoms with Crippen molar-refractivity contribution in [3.8, 4) is 0 Å². The summed E-state index contributed by atoms with van der Waals surface area (Å²) < 4.78 is 5.20. The monoisotopic (exact) mass is 422 g/mol. The average molecular weight is 422 g/mol. The number of esters is 1. The topological polar surface area (TPSA) is 92.8 Å². The Morgan fingerprint density at radius 1 is 1.06 bits per heavy atom. The molecule has 0 spiro atoms. The van der Waals surface area contributed by atoms with Gasteiger partial charge in [-0.15, -0.1) is 0 Å². The van der Waals surface area contributed by atoms with Gasteiger partial charge < -0.3 is 10.1 Å². The summed E-state index contributed by atoms with van der Waals surface area (Å²) in [4.78, 5) is 50.7. The van der Waals surface area contributed by atoms with Gasteiger partial charge in [-0.3, -0.25) is 24.1 Å². The molecule has 0 bridgehead atoms. The van der Waals surface area contributed by atoms with Crippen molar-refractivity contribution < 1.29 is 23.9 Å². The van der Waals surface area contributed by atoms with Crippen LogP contribution in [0.4, 0.5) is 5.69 Å². The molecule has 0 saturated carbocycles. The van der Waals surface area contributed by atoms with Crippen LogP contribution in [0.1, 0.15) is 54.6 Å². The van der Waals surface area contributed by atoms with Crippen molar-refractivity contribution in [1.82, 2.24) is 4.90 Å². The van der Waals surface area contributed by atoms with E-state index in [1.54, 1.807) is 30.3 Å². The third-order valence-electron chi connectivity index (χ3n) is 5.46. The second-order valence-corrected chi connectivity index (χ2v) is 7.64. The summed E-state index contributed by atoms with van der Waals surface area (Å²) in [5, 5.41) is 2.80. The molecule has 162 valence electrons. The van der Waals surface area contributed by atoms with Crippen LogP contribution in [0.3, 0.4) is 0 Å². The molecule has 0 radical (unpaired) electrons. The summed E-state index contributed by atoms with van der Waals surface area (Å²) in [5.41, 5.74) is 2.69. The number of amides is 3. The molecule has 7 heteroatoms. The van der Waals surface area contributed by atoms with Crippen LogP contribution in [0.2, 0.25) is 0 Å². The summed E-state index contributed by atoms with van der Waals surface area (Å²) in [5.74, 6) is -2.05. The summed E-state index contributed by atoms with van der Waals surface area (Å²) in [7, 11) is 0. The normalized spacial score (nSPS) is 15.1. The van der Waals surface area contributed by atoms with Crippen molar-refractivity contribution in [2.75, 3.05) is 11.9 Å². The van der Waals surface area contributed by atoms with Crippen LogP contribution < -0.4 is 5.32 Å². The highest BCUT2D eigenvalue weighted by molar-refractivity contribution is 6.11. The molecule has 3 rings (SSSR count). The first-order chi connectivity index (χ1) is 14.8. The van der Waals surface area contributed by atoms with E-state index in [2.05, 4.69) is 19.2 Å². The molecule has 1 aliphatic heterocycles. The molecule has 2 aromatic rings. The number of anilines is 1. The third-order valence-corrected chi connectivity index (χ3v) is 5.46. The van der Waals surface area contributed by atoms with E-state index >= 15 is 0 Å². The van der Waals surface area contributed by atoms with Crippen LogP contribution in [-0.4, -0.2) is 41.2 Å². The summed E-state index contributed by atoms with van der Waals surface area (Å²) in [6.07, 6.45) is -0.129. The van der Waals surface area contributed by atoms with Crippen molar-refractivity contribution >= 4 is 29.4 Å². The average Bonchev–Trinajstić information content (AvgIpc) is 2.76. The van der Waals surface area contributed by atoms with E-state index in [0.29, 0.717) is 16.8 Å². The molecule has 2 aromatic carbocycles. The van der Waals surface area contributed by atoms with Crippen LogP contribution >= 0.6 is 0 Å². The maximum absolute atomic E-state index is 12.6. The lowest BCUT2D eigenvalue weighted by molar-refractivity contribution is -0.155. The van der Waals surface area contributed by atoms with Gasteiger partial charge in [0.05, 0.1) is 6.42 Å². The highest BCUT2D eigenvalue weighted by atomic mass is 16.5. The van der Waals surface area contributed by atoms with Crippen molar-refractivity contribution in [3.63, 3.8) is 0 Å². The van der Waals surface area contributed by atoms with Crippen LogP contribution in [0.5, 0.6) is 0 Å². The lowest BCUT2D eigenvalue weighted by Crippen LogP contribution is -2.46. The van der Waals surface area contributed by atoms with Gasteiger partial charge in [-0.05, 0) is 42.5 Å². The number of nitrogens with zero attached hydrogens (tertiary/aromatic N) is 1. The summed E-state index contributed by atoms with van der Waals surface area (Å²) >= 11 is 0. The zero-order chi connectivity index (χ0) is 22.5. The van der Waals surface area contributed by atoms with E-state index < -0.39 is 36.3 Å². The maximum Gasteiger partial charge on any atom is 0.326 e. The van der Waals surface area contributed by atoms with Gasteiger partial charge in [0.25, 0.3) is 11.8 Å². The van der Waals surface area contributed by atoms with Gasteiger partial charge in [0.1, 0.15) is 6.54 Å². The number of para-hydroxylation sites is 1. The highest BCUT2D eigenvalue weighted by Gasteiger charge is 2.33. The van der Waals surface area contributed by atoms with E-state index in [1.807, 2.05) is 18.2 Å². The second-order valence-electron chi connectivity index (χ2n) is 7.64. The molecule has 3 amide bonds. The van der Waals surface area contributed by atoms with E-state index in [-0.39, 0.29) is 12.3 Å². The minimum Gasteiger partial charge on any atom is -0.451 e. The molecule has 7 nitrogen and oxygen atoms in total. The highest BCUT2D eigenvalue weighted by Crippen LogP contribution is 2.26. The molecule has 0 fully saturated rings. The van der Waals surface area contributed by atoms with Crippen molar-refractivity contribution in [1.29, 1.82) is 0 Å². The number of carbonyl (C=O) groups is 4. The third kappa shape index (κ3) is 4.99. The van der Waals surface area contributed by atoms with E-state index in [0.717, 1.165) is 16.9 Å². The first kappa shape index (κ1) is 22.2. The van der Waals surface area contributed by atoms with Crippen molar-refractivity contribution in [2.24, 2.45) is 0 Å². The molecule has 1 N–H and O–H groups in total. The number of ether oxygens (including phenoxy) is 1. The molecule has 31 heavy (non-hydrogen) atoms. The van der Waals surface area contributed by atoms with Gasteiger partial charge in [-0.25, -0.2) is 0 Å². The van der Waals surface area contributed by atoms with Crippen molar-refractivity contribution in [3.05, 3.63) is 65.2 Å². The Morgan fingerprint density at radius 3 is 2.48 bits per heavy atom. The van der Waals surface area contributed by atoms with E-state index in [4.69, 9.17) is 4.74 Å². The van der Waals surface area contributed by atoms with E-state index in [9.17, 15) is 19.2 Å². The lowest BCUT2D eigenvalue weighted by Gasteiger charge is -2.26. The van der Waals surface area contributed by atoms with Gasteiger partial charge in [0.15, 0.2) is 6.10 Å². The van der Waals surface area contributed by atoms with Crippen LogP contribution in [0, 0.1) is 0 Å². The van der Waals surface area contributed by atoms with Gasteiger partial charge in [0.2, 0.25) is 5.91 Å². The smallest absolute Gasteiger partial charge is 0.326 e. The summed E-state index contributed by atoms with van der Waals surface area (Å²) in [6.45, 7) is 5.05. The number of fused-ring (bicyclic) bond motifs is 1. The number of hydrogen-bond donors (Lipinski definition) is 1. The minimum atomic E-state index is -1.08. The number of imide groups is 1. The Bertz CT molecular complexity index is 1020. The Kier molecular flexibility index (Phi) is 6.84. The van der Waals surface area contributed by atoms with Gasteiger partial charge in [-0.2, -0.15) is 0 Å². The molecular formula is C24H26N2O5. The first-order valence-corrected chi connectivity index (χ1v) is 10.3. The Morgan fingerprint density at radius 2 is 1.74 bits per heavy atom. The molecule has 0 unspecified atom stereocenters. The predicted octanol–water partition coefficient (Wildman–Crippen LogP) is 3.30. The van der Waals surface area contributed by atoms with Crippen LogP contribution in [0.25, 0.3) is 0 Å². The van der Waals surface area contributed by atoms with E-state index in [1.165, 1.54) is 6.92 Å². The zero-order valence-corrected chi connectivity index (χ0v) is 17.9.